The fraction of sp³-hybridized carbons (Fsp3) is 0.556. The summed E-state index contributed by atoms with van der Waals surface area (Å²) in [6.45, 7) is 1.57. The predicted octanol–water partition coefficient (Wildman–Crippen LogP) is 0.384. The molecule has 1 amide bonds. The molecular weight excluding hydrogens is 196 g/mol. The van der Waals surface area contributed by atoms with Crippen molar-refractivity contribution in [1.29, 1.82) is 0 Å². The van der Waals surface area contributed by atoms with E-state index in [1.807, 2.05) is 0 Å². The van der Waals surface area contributed by atoms with Gasteiger partial charge < -0.3 is 0 Å². The number of hydrogen-bond acceptors (Lipinski definition) is 4. The van der Waals surface area contributed by atoms with Crippen molar-refractivity contribution in [2.24, 2.45) is 5.92 Å². The van der Waals surface area contributed by atoms with Gasteiger partial charge in [-0.2, -0.15) is 9.67 Å². The van der Waals surface area contributed by atoms with Crippen molar-refractivity contribution < 1.29 is 9.59 Å². The lowest BCUT2D eigenvalue weighted by atomic mass is 10.1. The van der Waals surface area contributed by atoms with Gasteiger partial charge in [-0.15, -0.1) is 5.10 Å². The van der Waals surface area contributed by atoms with Gasteiger partial charge in [0.25, 0.3) is 5.91 Å². The molecule has 1 unspecified atom stereocenters. The highest BCUT2D eigenvalue weighted by Crippen LogP contribution is 2.38. The molecule has 1 aromatic rings. The van der Waals surface area contributed by atoms with Gasteiger partial charge in [-0.3, -0.25) is 14.9 Å². The van der Waals surface area contributed by atoms with E-state index < -0.39 is 5.92 Å². The van der Waals surface area contributed by atoms with Crippen LogP contribution in [0.5, 0.6) is 0 Å². The molecule has 0 bridgehead atoms. The van der Waals surface area contributed by atoms with Crippen LogP contribution >= 0.6 is 0 Å². The molecule has 6 nitrogen and oxygen atoms in total. The Morgan fingerprint density at radius 2 is 2.13 bits per heavy atom. The zero-order valence-electron chi connectivity index (χ0n) is 8.23. The molecule has 6 heteroatoms. The second kappa shape index (κ2) is 2.65. The van der Waals surface area contributed by atoms with Crippen molar-refractivity contribution in [2.45, 2.75) is 25.7 Å². The molecule has 1 fully saturated rings. The lowest BCUT2D eigenvalue weighted by Crippen LogP contribution is -2.38. The number of carbonyl (C=O) groups is 2. The van der Waals surface area contributed by atoms with E-state index in [1.54, 1.807) is 6.92 Å². The average Bonchev–Trinajstić information content (AvgIpc) is 2.97. The number of rotatable bonds is 1. The van der Waals surface area contributed by atoms with Crippen LogP contribution in [0.4, 0.5) is 5.95 Å². The van der Waals surface area contributed by atoms with Crippen LogP contribution in [-0.4, -0.2) is 26.6 Å². The molecule has 15 heavy (non-hydrogen) atoms. The Kier molecular flexibility index (Phi) is 1.52. The molecule has 0 spiro atoms. The highest BCUT2D eigenvalue weighted by Gasteiger charge is 2.36. The molecule has 2 aliphatic rings. The van der Waals surface area contributed by atoms with Crippen LogP contribution in [0.25, 0.3) is 0 Å². The van der Waals surface area contributed by atoms with Gasteiger partial charge in [0.05, 0.1) is 0 Å². The minimum atomic E-state index is -0.675. The van der Waals surface area contributed by atoms with Crippen molar-refractivity contribution >= 4 is 17.8 Å². The van der Waals surface area contributed by atoms with E-state index in [0.29, 0.717) is 11.7 Å². The Hall–Kier alpha value is -1.72. The molecule has 1 aromatic heterocycles. The zero-order chi connectivity index (χ0) is 10.6. The highest BCUT2D eigenvalue weighted by molar-refractivity contribution is 6.10. The van der Waals surface area contributed by atoms with Gasteiger partial charge in [0.15, 0.2) is 5.82 Å². The summed E-state index contributed by atoms with van der Waals surface area (Å²) in [4.78, 5) is 27.2. The Morgan fingerprint density at radius 1 is 1.40 bits per heavy atom. The monoisotopic (exact) mass is 206 g/mol. The molecule has 1 aliphatic carbocycles. The van der Waals surface area contributed by atoms with Crippen LogP contribution in [0.3, 0.4) is 0 Å². The smallest absolute Gasteiger partial charge is 0.262 e. The second-order valence-corrected chi connectivity index (χ2v) is 4.03. The number of nitrogens with one attached hydrogen (secondary N) is 1. The maximum absolute atomic E-state index is 11.7. The summed E-state index contributed by atoms with van der Waals surface area (Å²) in [6, 6.07) is 0. The number of hydrogen-bond donors (Lipinski definition) is 1. The first-order valence-corrected chi connectivity index (χ1v) is 4.99. The van der Waals surface area contributed by atoms with Crippen LogP contribution in [0.15, 0.2) is 0 Å². The van der Waals surface area contributed by atoms with Gasteiger partial charge in [-0.25, -0.2) is 0 Å². The summed E-state index contributed by atoms with van der Waals surface area (Å²) in [5.41, 5.74) is 0. The fourth-order valence-electron chi connectivity index (χ4n) is 1.59. The Morgan fingerprint density at radius 3 is 2.80 bits per heavy atom. The molecule has 1 atom stereocenters. The number of amides is 1. The van der Waals surface area contributed by atoms with E-state index in [0.717, 1.165) is 12.8 Å². The summed E-state index contributed by atoms with van der Waals surface area (Å²) in [7, 11) is 0. The maximum atomic E-state index is 11.7. The molecular formula is C9H10N4O2. The van der Waals surface area contributed by atoms with Crippen molar-refractivity contribution in [1.82, 2.24) is 14.8 Å². The third-order valence-corrected chi connectivity index (χ3v) is 2.77. The summed E-state index contributed by atoms with van der Waals surface area (Å²) in [5, 5.41) is 6.69. The van der Waals surface area contributed by atoms with Gasteiger partial charge in [0.1, 0.15) is 5.92 Å². The summed E-state index contributed by atoms with van der Waals surface area (Å²) in [6.07, 6.45) is 2.14. The van der Waals surface area contributed by atoms with Gasteiger partial charge in [-0.05, 0) is 19.8 Å². The Balaban J connectivity index is 2.05. The molecule has 1 saturated carbocycles. The van der Waals surface area contributed by atoms with E-state index in [1.165, 1.54) is 4.68 Å². The van der Waals surface area contributed by atoms with Gasteiger partial charge in [0.2, 0.25) is 11.9 Å². The molecule has 0 saturated heterocycles. The molecule has 0 radical (unpaired) electrons. The molecule has 78 valence electrons. The van der Waals surface area contributed by atoms with Crippen LogP contribution in [0, 0.1) is 5.92 Å². The first-order chi connectivity index (χ1) is 7.16. The van der Waals surface area contributed by atoms with E-state index in [-0.39, 0.29) is 17.8 Å². The number of carbonyl (C=O) groups excluding carboxylic acids is 2. The summed E-state index contributed by atoms with van der Waals surface area (Å²) in [5.74, 6) is 0.0440. The van der Waals surface area contributed by atoms with Crippen molar-refractivity contribution in [2.75, 3.05) is 5.32 Å². The third kappa shape index (κ3) is 1.17. The number of aromatic nitrogens is 3. The third-order valence-electron chi connectivity index (χ3n) is 2.77. The molecule has 2 heterocycles. The molecule has 0 aromatic carbocycles. The van der Waals surface area contributed by atoms with Crippen molar-refractivity contribution in [3.8, 4) is 0 Å². The lowest BCUT2D eigenvalue weighted by molar-refractivity contribution is -0.118. The Bertz CT molecular complexity index is 461. The zero-order valence-corrected chi connectivity index (χ0v) is 8.23. The quantitative estimate of drug-likeness (QED) is 0.674. The Labute approximate surface area is 85.7 Å². The summed E-state index contributed by atoms with van der Waals surface area (Å²) < 4.78 is 1.21. The van der Waals surface area contributed by atoms with Gasteiger partial charge >= 0.3 is 0 Å². The summed E-state index contributed by atoms with van der Waals surface area (Å²) >= 11 is 0. The molecule has 1 aliphatic heterocycles. The first-order valence-electron chi connectivity index (χ1n) is 4.99. The minimum absolute atomic E-state index is 0.269. The van der Waals surface area contributed by atoms with E-state index >= 15 is 0 Å². The van der Waals surface area contributed by atoms with Crippen LogP contribution in [0.1, 0.15) is 36.3 Å². The predicted molar refractivity (Wildman–Crippen MR) is 50.4 cm³/mol. The van der Waals surface area contributed by atoms with Crippen molar-refractivity contribution in [3.63, 3.8) is 0 Å². The standard InChI is InChI=1S/C9H10N4O2/c1-4-7(14)11-9-10-6(5-2-3-5)12-13(9)8(4)15/h4-5H,2-3H2,1H3,(H,10,11,12,14). The van der Waals surface area contributed by atoms with E-state index in [4.69, 9.17) is 0 Å². The second-order valence-electron chi connectivity index (χ2n) is 4.03. The van der Waals surface area contributed by atoms with Gasteiger partial charge in [-0.1, -0.05) is 0 Å². The van der Waals surface area contributed by atoms with Crippen molar-refractivity contribution in [3.05, 3.63) is 5.82 Å². The maximum Gasteiger partial charge on any atom is 0.262 e. The number of nitrogens with zero attached hydrogens (tertiary/aromatic N) is 3. The largest absolute Gasteiger partial charge is 0.294 e. The van der Waals surface area contributed by atoms with E-state index in [2.05, 4.69) is 15.4 Å². The normalized spacial score (nSPS) is 25.0. The topological polar surface area (TPSA) is 76.9 Å². The first kappa shape index (κ1) is 8.58. The minimum Gasteiger partial charge on any atom is -0.294 e. The van der Waals surface area contributed by atoms with Crippen LogP contribution < -0.4 is 5.32 Å². The molecule has 3 rings (SSSR count). The fourth-order valence-corrected chi connectivity index (χ4v) is 1.59. The number of fused-ring (bicyclic) bond motifs is 1. The SMILES string of the molecule is CC1C(=O)Nc2nc(C3CC3)nn2C1=O. The van der Waals surface area contributed by atoms with E-state index in [9.17, 15) is 9.59 Å². The molecule has 1 N–H and O–H groups in total. The van der Waals surface area contributed by atoms with Gasteiger partial charge in [0, 0.05) is 5.92 Å². The average molecular weight is 206 g/mol. The number of anilines is 1. The lowest BCUT2D eigenvalue weighted by Gasteiger charge is -2.16. The van der Waals surface area contributed by atoms with Crippen LogP contribution in [0.2, 0.25) is 0 Å². The van der Waals surface area contributed by atoms with Crippen LogP contribution in [-0.2, 0) is 4.79 Å². The highest BCUT2D eigenvalue weighted by atomic mass is 16.2.